The van der Waals surface area contributed by atoms with E-state index in [2.05, 4.69) is 16.2 Å². The maximum absolute atomic E-state index is 9.70. The molecular formula is C22H24N6O2. The number of likely N-dealkylation sites (N-methyl/N-ethyl adjacent to an activating group) is 1. The van der Waals surface area contributed by atoms with Crippen LogP contribution >= 0.6 is 0 Å². The van der Waals surface area contributed by atoms with Crippen LogP contribution in [0.2, 0.25) is 0 Å². The highest BCUT2D eigenvalue weighted by molar-refractivity contribution is 5.73. The van der Waals surface area contributed by atoms with Crippen LogP contribution in [0.25, 0.3) is 11.1 Å². The summed E-state index contributed by atoms with van der Waals surface area (Å²) in [6.45, 7) is 4.57. The van der Waals surface area contributed by atoms with E-state index in [4.69, 9.17) is 15.3 Å². The van der Waals surface area contributed by atoms with Crippen LogP contribution in [0.3, 0.4) is 0 Å². The van der Waals surface area contributed by atoms with Gasteiger partial charge in [0.05, 0.1) is 5.69 Å². The van der Waals surface area contributed by atoms with Gasteiger partial charge >= 0.3 is 0 Å². The van der Waals surface area contributed by atoms with Gasteiger partial charge in [-0.1, -0.05) is 11.6 Å². The predicted octanol–water partition coefficient (Wildman–Crippen LogP) is 3.17. The van der Waals surface area contributed by atoms with Crippen molar-refractivity contribution in [1.82, 2.24) is 19.8 Å². The van der Waals surface area contributed by atoms with Crippen LogP contribution in [0, 0.1) is 18.3 Å². The van der Waals surface area contributed by atoms with Gasteiger partial charge in [0.1, 0.15) is 17.9 Å². The topological polar surface area (TPSA) is 102 Å². The van der Waals surface area contributed by atoms with Crippen molar-refractivity contribution < 1.29 is 9.57 Å². The number of ether oxygens (including phenoxy) is 1. The zero-order valence-corrected chi connectivity index (χ0v) is 17.5. The zero-order chi connectivity index (χ0) is 21.4. The van der Waals surface area contributed by atoms with Gasteiger partial charge in [-0.25, -0.2) is 4.98 Å². The van der Waals surface area contributed by atoms with E-state index in [1.165, 1.54) is 0 Å². The fourth-order valence-corrected chi connectivity index (χ4v) is 3.67. The molecule has 0 spiro atoms. The van der Waals surface area contributed by atoms with E-state index in [1.54, 1.807) is 23.0 Å². The smallest absolute Gasteiger partial charge is 0.166 e. The second kappa shape index (κ2) is 7.69. The monoisotopic (exact) mass is 404 g/mol. The van der Waals surface area contributed by atoms with Crippen LogP contribution in [-0.2, 0) is 13.5 Å². The van der Waals surface area contributed by atoms with Crippen molar-refractivity contribution in [3.05, 3.63) is 53.0 Å². The summed E-state index contributed by atoms with van der Waals surface area (Å²) in [4.78, 5) is 10.4. The number of nitrogens with zero attached hydrogens (tertiary/aromatic N) is 5. The van der Waals surface area contributed by atoms with Gasteiger partial charge in [-0.2, -0.15) is 10.4 Å². The molecule has 1 atom stereocenters. The summed E-state index contributed by atoms with van der Waals surface area (Å²) in [6.07, 6.45) is 1.93. The summed E-state index contributed by atoms with van der Waals surface area (Å²) in [5.41, 5.74) is 10.9. The molecule has 0 saturated heterocycles. The predicted molar refractivity (Wildman–Crippen MR) is 113 cm³/mol. The van der Waals surface area contributed by atoms with Gasteiger partial charge in [-0.3, -0.25) is 4.68 Å². The highest BCUT2D eigenvalue weighted by Crippen LogP contribution is 2.36. The van der Waals surface area contributed by atoms with Gasteiger partial charge in [0.25, 0.3) is 0 Å². The molecule has 8 heteroatoms. The van der Waals surface area contributed by atoms with Gasteiger partial charge in [0, 0.05) is 49.9 Å². The third-order valence-corrected chi connectivity index (χ3v) is 5.22. The van der Waals surface area contributed by atoms with Crippen molar-refractivity contribution in [3.8, 4) is 28.7 Å². The van der Waals surface area contributed by atoms with E-state index in [1.807, 2.05) is 45.2 Å². The molecule has 2 bridgehead atoms. The first-order valence-corrected chi connectivity index (χ1v) is 9.75. The second-order valence-electron chi connectivity index (χ2n) is 7.51. The molecule has 0 aliphatic carbocycles. The lowest BCUT2D eigenvalue weighted by Crippen LogP contribution is -2.26. The van der Waals surface area contributed by atoms with Crippen molar-refractivity contribution in [2.24, 2.45) is 7.05 Å². The van der Waals surface area contributed by atoms with Gasteiger partial charge in [-0.05, 0) is 32.0 Å². The molecule has 3 aromatic rings. The molecule has 0 radical (unpaired) electrons. The molecule has 2 N–H and O–H groups in total. The number of benzene rings is 1. The summed E-state index contributed by atoms with van der Waals surface area (Å²) in [5, 5.41) is 16.0. The van der Waals surface area contributed by atoms with Crippen molar-refractivity contribution in [2.75, 3.05) is 19.3 Å². The number of aromatic nitrogens is 3. The Morgan fingerprint density at radius 1 is 1.23 bits per heavy atom. The Morgan fingerprint density at radius 3 is 2.80 bits per heavy atom. The van der Waals surface area contributed by atoms with Crippen LogP contribution in [0.1, 0.15) is 35.5 Å². The fourth-order valence-electron chi connectivity index (χ4n) is 3.67. The summed E-state index contributed by atoms with van der Waals surface area (Å²) in [5.74, 6) is 1.46. The van der Waals surface area contributed by atoms with Crippen molar-refractivity contribution >= 4 is 5.82 Å². The molecule has 1 aliphatic rings. The molecule has 8 nitrogen and oxygen atoms in total. The number of anilines is 1. The third-order valence-electron chi connectivity index (χ3n) is 5.22. The quantitative estimate of drug-likeness (QED) is 0.614. The number of hydroxylamine groups is 2. The van der Waals surface area contributed by atoms with Gasteiger partial charge < -0.3 is 15.3 Å². The maximum atomic E-state index is 9.70. The Bertz CT molecular complexity index is 1150. The number of nitriles is 1. The van der Waals surface area contributed by atoms with E-state index < -0.39 is 0 Å². The van der Waals surface area contributed by atoms with E-state index in [0.717, 1.165) is 33.7 Å². The summed E-state index contributed by atoms with van der Waals surface area (Å²) < 4.78 is 7.81. The average molecular weight is 404 g/mol. The van der Waals surface area contributed by atoms with Crippen LogP contribution in [0.5, 0.6) is 11.5 Å². The minimum Gasteiger partial charge on any atom is -0.482 e. The molecule has 0 unspecified atom stereocenters. The average Bonchev–Trinajstić information content (AvgIpc) is 3.04. The first-order valence-electron chi connectivity index (χ1n) is 9.75. The lowest BCUT2D eigenvalue weighted by atomic mass is 10.0. The van der Waals surface area contributed by atoms with Crippen LogP contribution in [-0.4, -0.2) is 33.4 Å². The van der Waals surface area contributed by atoms with Crippen LogP contribution < -0.4 is 15.3 Å². The Hall–Kier alpha value is -3.57. The summed E-state index contributed by atoms with van der Waals surface area (Å²) >= 11 is 0. The first-order chi connectivity index (χ1) is 14.4. The number of fused-ring (bicyclic) bond motifs is 5. The van der Waals surface area contributed by atoms with Crippen molar-refractivity contribution in [3.63, 3.8) is 0 Å². The molecule has 1 aromatic carbocycles. The highest BCUT2D eigenvalue weighted by Gasteiger charge is 2.23. The largest absolute Gasteiger partial charge is 0.482 e. The maximum Gasteiger partial charge on any atom is 0.166 e. The molecule has 154 valence electrons. The zero-order valence-electron chi connectivity index (χ0n) is 17.5. The van der Waals surface area contributed by atoms with Gasteiger partial charge in [0.15, 0.2) is 17.3 Å². The van der Waals surface area contributed by atoms with Gasteiger partial charge in [0.2, 0.25) is 0 Å². The first kappa shape index (κ1) is 19.7. The molecule has 0 fully saturated rings. The van der Waals surface area contributed by atoms with Crippen molar-refractivity contribution in [1.29, 1.82) is 5.26 Å². The van der Waals surface area contributed by atoms with Crippen LogP contribution in [0.4, 0.5) is 5.82 Å². The molecule has 30 heavy (non-hydrogen) atoms. The summed E-state index contributed by atoms with van der Waals surface area (Å²) in [6, 6.07) is 10.1. The molecule has 3 heterocycles. The standard InChI is InChI=1S/C22H24N6O2/c1-13-5-6-19-16(9-13)14(2)29-20-10-15(12-25-22(20)24)21-17(7-8-27(3)30-19)26-28(4)18(21)11-23/h5-6,9-10,12,14H,7-8H2,1-4H3,(H2,24,25)/t14-/m1/s1. The normalized spacial score (nSPS) is 16.6. The Labute approximate surface area is 175 Å². The lowest BCUT2D eigenvalue weighted by molar-refractivity contribution is -0.0328. The Balaban J connectivity index is 1.88. The van der Waals surface area contributed by atoms with Gasteiger partial charge in [-0.15, -0.1) is 5.06 Å². The Kier molecular flexibility index (Phi) is 5.06. The highest BCUT2D eigenvalue weighted by atomic mass is 16.7. The Morgan fingerprint density at radius 2 is 2.03 bits per heavy atom. The number of nitrogens with two attached hydrogens (primary N) is 1. The molecule has 0 saturated carbocycles. The SMILES string of the molecule is Cc1ccc2c(c1)[C@@H](C)Oc1cc(cnc1N)-c1c(nn(C)c1C#N)CCN(C)O2. The molecule has 2 aromatic heterocycles. The van der Waals surface area contributed by atoms with Crippen molar-refractivity contribution in [2.45, 2.75) is 26.4 Å². The molecule has 1 aliphatic heterocycles. The minimum absolute atomic E-state index is 0.289. The fraction of sp³-hybridized carbons (Fsp3) is 0.318. The number of rotatable bonds is 0. The number of nitrogen functional groups attached to an aromatic ring is 1. The number of pyridine rings is 1. The molecule has 4 rings (SSSR count). The third kappa shape index (κ3) is 3.55. The van der Waals surface area contributed by atoms with E-state index in [-0.39, 0.29) is 11.9 Å². The van der Waals surface area contributed by atoms with E-state index >= 15 is 0 Å². The second-order valence-corrected chi connectivity index (χ2v) is 7.51. The van der Waals surface area contributed by atoms with Crippen LogP contribution in [0.15, 0.2) is 30.5 Å². The van der Waals surface area contributed by atoms with E-state index in [0.29, 0.717) is 24.4 Å². The van der Waals surface area contributed by atoms with E-state index in [9.17, 15) is 5.26 Å². The molecule has 0 amide bonds. The number of hydrogen-bond donors (Lipinski definition) is 1. The lowest BCUT2D eigenvalue weighted by Gasteiger charge is -2.23. The summed E-state index contributed by atoms with van der Waals surface area (Å²) in [7, 11) is 3.64. The number of hydrogen-bond acceptors (Lipinski definition) is 7. The molecular weight excluding hydrogens is 380 g/mol. The number of aryl methyl sites for hydroxylation is 2. The minimum atomic E-state index is -0.322.